The van der Waals surface area contributed by atoms with Gasteiger partial charge in [0.05, 0.1) is 18.6 Å². The molecule has 7 heteroatoms. The number of hydrogen-bond acceptors (Lipinski definition) is 4. The van der Waals surface area contributed by atoms with Crippen molar-refractivity contribution in [1.82, 2.24) is 9.88 Å². The largest absolute Gasteiger partial charge is 0.495 e. The van der Waals surface area contributed by atoms with Gasteiger partial charge in [-0.15, -0.1) is 11.8 Å². The van der Waals surface area contributed by atoms with Gasteiger partial charge in [0.1, 0.15) is 5.75 Å². The van der Waals surface area contributed by atoms with Crippen LogP contribution in [0, 0.1) is 6.92 Å². The van der Waals surface area contributed by atoms with E-state index in [9.17, 15) is 9.59 Å². The van der Waals surface area contributed by atoms with E-state index in [2.05, 4.69) is 27.3 Å². The first-order valence-electron chi connectivity index (χ1n) is 11.0. The number of nitrogens with one attached hydrogen (secondary N) is 2. The zero-order chi connectivity index (χ0) is 23.9. The maximum Gasteiger partial charge on any atom is 0.251 e. The number of amides is 2. The van der Waals surface area contributed by atoms with Gasteiger partial charge in [-0.3, -0.25) is 9.59 Å². The molecule has 0 unspecified atom stereocenters. The van der Waals surface area contributed by atoms with Gasteiger partial charge in [0.2, 0.25) is 5.91 Å². The molecule has 2 amide bonds. The van der Waals surface area contributed by atoms with Gasteiger partial charge in [-0.2, -0.15) is 0 Å². The molecule has 0 spiro atoms. The number of hydrogen-bond donors (Lipinski definition) is 2. The quantitative estimate of drug-likeness (QED) is 0.331. The van der Waals surface area contributed by atoms with Crippen LogP contribution in [0.1, 0.15) is 15.9 Å². The molecule has 4 aromatic rings. The minimum atomic E-state index is -0.100. The highest BCUT2D eigenvalue weighted by Crippen LogP contribution is 2.30. The van der Waals surface area contributed by atoms with E-state index in [1.54, 1.807) is 7.11 Å². The lowest BCUT2D eigenvalue weighted by molar-refractivity contribution is -0.113. The van der Waals surface area contributed by atoms with E-state index in [0.717, 1.165) is 21.4 Å². The van der Waals surface area contributed by atoms with Crippen molar-refractivity contribution in [3.8, 4) is 5.75 Å². The fourth-order valence-electron chi connectivity index (χ4n) is 3.69. The second-order valence-electron chi connectivity index (χ2n) is 7.86. The molecular weight excluding hydrogens is 446 g/mol. The fraction of sp³-hybridized carbons (Fsp3) is 0.185. The fourth-order valence-corrected chi connectivity index (χ4v) is 4.58. The third kappa shape index (κ3) is 5.61. The Morgan fingerprint density at radius 2 is 1.71 bits per heavy atom. The monoisotopic (exact) mass is 473 g/mol. The van der Waals surface area contributed by atoms with Crippen LogP contribution in [-0.4, -0.2) is 35.8 Å². The maximum absolute atomic E-state index is 12.6. The van der Waals surface area contributed by atoms with Crippen LogP contribution in [0.3, 0.4) is 0 Å². The number of ether oxygens (including phenoxy) is 1. The Kier molecular flexibility index (Phi) is 7.54. The Labute approximate surface area is 203 Å². The molecule has 0 bridgehead atoms. The van der Waals surface area contributed by atoms with Crippen molar-refractivity contribution >= 4 is 40.2 Å². The summed E-state index contributed by atoms with van der Waals surface area (Å²) >= 11 is 1.49. The molecule has 34 heavy (non-hydrogen) atoms. The van der Waals surface area contributed by atoms with Gasteiger partial charge in [0, 0.05) is 40.6 Å². The second-order valence-corrected chi connectivity index (χ2v) is 8.88. The van der Waals surface area contributed by atoms with Crippen LogP contribution in [0.15, 0.2) is 83.9 Å². The highest BCUT2D eigenvalue weighted by Gasteiger charge is 2.13. The lowest BCUT2D eigenvalue weighted by atomic mass is 10.1. The number of aryl methyl sites for hydroxylation is 1. The van der Waals surface area contributed by atoms with Crippen LogP contribution in [0.2, 0.25) is 0 Å². The molecular formula is C27H27N3O3S. The maximum atomic E-state index is 12.6. The van der Waals surface area contributed by atoms with Gasteiger partial charge < -0.3 is 19.9 Å². The number of nitrogens with zero attached hydrogens (tertiary/aromatic N) is 1. The zero-order valence-corrected chi connectivity index (χ0v) is 20.0. The van der Waals surface area contributed by atoms with Crippen LogP contribution in [-0.2, 0) is 11.3 Å². The van der Waals surface area contributed by atoms with Gasteiger partial charge in [0.25, 0.3) is 5.91 Å². The smallest absolute Gasteiger partial charge is 0.251 e. The van der Waals surface area contributed by atoms with E-state index in [1.165, 1.54) is 11.8 Å². The van der Waals surface area contributed by atoms with Crippen LogP contribution in [0.25, 0.3) is 10.9 Å². The average Bonchev–Trinajstić information content (AvgIpc) is 3.21. The summed E-state index contributed by atoms with van der Waals surface area (Å²) in [5.74, 6) is 0.719. The van der Waals surface area contributed by atoms with Crippen LogP contribution in [0.5, 0.6) is 5.75 Å². The SMILES string of the molecule is COc1ccccc1NC(=O)CSc1cn(CCNC(=O)c2ccc(C)cc2)c2ccccc12. The van der Waals surface area contributed by atoms with Crippen LogP contribution in [0.4, 0.5) is 5.69 Å². The molecule has 2 N–H and O–H groups in total. The summed E-state index contributed by atoms with van der Waals surface area (Å²) in [4.78, 5) is 26.0. The number of methoxy groups -OCH3 is 1. The molecule has 0 saturated heterocycles. The minimum absolute atomic E-state index is 0.0842. The number of aromatic nitrogens is 1. The lowest BCUT2D eigenvalue weighted by Gasteiger charge is -2.09. The lowest BCUT2D eigenvalue weighted by Crippen LogP contribution is -2.27. The summed E-state index contributed by atoms with van der Waals surface area (Å²) in [5.41, 5.74) is 3.50. The van der Waals surface area contributed by atoms with E-state index in [1.807, 2.05) is 73.8 Å². The molecule has 0 fully saturated rings. The number of carbonyl (C=O) groups excluding carboxylic acids is 2. The number of benzene rings is 3. The molecule has 3 aromatic carbocycles. The molecule has 0 saturated carbocycles. The number of thioether (sulfide) groups is 1. The van der Waals surface area contributed by atoms with Gasteiger partial charge in [-0.25, -0.2) is 0 Å². The molecule has 1 aromatic heterocycles. The average molecular weight is 474 g/mol. The summed E-state index contributed by atoms with van der Waals surface area (Å²) in [6.45, 7) is 3.13. The Morgan fingerprint density at radius 3 is 2.50 bits per heavy atom. The summed E-state index contributed by atoms with van der Waals surface area (Å²) in [6, 6.07) is 23.0. The number of rotatable bonds is 9. The van der Waals surface area contributed by atoms with Gasteiger partial charge in [-0.05, 0) is 37.3 Å². The summed E-state index contributed by atoms with van der Waals surface area (Å²) in [7, 11) is 1.58. The first-order chi connectivity index (χ1) is 16.5. The molecule has 0 radical (unpaired) electrons. The summed E-state index contributed by atoms with van der Waals surface area (Å²) < 4.78 is 7.42. The Hall–Kier alpha value is -3.71. The van der Waals surface area contributed by atoms with E-state index in [4.69, 9.17) is 4.74 Å². The van der Waals surface area contributed by atoms with Gasteiger partial charge in [-0.1, -0.05) is 48.0 Å². The molecule has 0 aliphatic rings. The van der Waals surface area contributed by atoms with E-state index < -0.39 is 0 Å². The molecule has 0 atom stereocenters. The molecule has 6 nitrogen and oxygen atoms in total. The Morgan fingerprint density at radius 1 is 0.971 bits per heavy atom. The Balaban J connectivity index is 1.39. The first kappa shape index (κ1) is 23.4. The summed E-state index contributed by atoms with van der Waals surface area (Å²) in [5, 5.41) is 6.99. The third-order valence-corrected chi connectivity index (χ3v) is 6.49. The number of fused-ring (bicyclic) bond motifs is 1. The predicted octanol–water partition coefficient (Wildman–Crippen LogP) is 5.12. The van der Waals surface area contributed by atoms with Gasteiger partial charge in [0.15, 0.2) is 0 Å². The highest BCUT2D eigenvalue weighted by atomic mass is 32.2. The number of carbonyl (C=O) groups is 2. The molecule has 174 valence electrons. The van der Waals surface area contributed by atoms with E-state index >= 15 is 0 Å². The first-order valence-corrected chi connectivity index (χ1v) is 12.0. The van der Waals surface area contributed by atoms with Crippen LogP contribution >= 0.6 is 11.8 Å². The van der Waals surface area contributed by atoms with Gasteiger partial charge >= 0.3 is 0 Å². The topological polar surface area (TPSA) is 72.4 Å². The van der Waals surface area contributed by atoms with Crippen molar-refractivity contribution in [2.75, 3.05) is 24.7 Å². The highest BCUT2D eigenvalue weighted by molar-refractivity contribution is 8.00. The summed E-state index contributed by atoms with van der Waals surface area (Å²) in [6.07, 6.45) is 2.05. The molecule has 4 rings (SSSR count). The third-order valence-electron chi connectivity index (χ3n) is 5.44. The standard InChI is InChI=1S/C27H27N3O3S/c1-19-11-13-20(14-12-19)27(32)28-15-16-30-17-25(21-7-3-5-9-23(21)30)34-18-26(31)29-22-8-4-6-10-24(22)33-2/h3-14,17H,15-16,18H2,1-2H3,(H,28,32)(H,29,31). The predicted molar refractivity (Wildman–Crippen MR) is 138 cm³/mol. The molecule has 0 aliphatic carbocycles. The molecule has 0 aliphatic heterocycles. The Bertz CT molecular complexity index is 1300. The van der Waals surface area contributed by atoms with Crippen molar-refractivity contribution in [2.24, 2.45) is 0 Å². The van der Waals surface area contributed by atoms with Crippen molar-refractivity contribution in [3.05, 3.63) is 90.1 Å². The zero-order valence-electron chi connectivity index (χ0n) is 19.2. The minimum Gasteiger partial charge on any atom is -0.495 e. The van der Waals surface area contributed by atoms with Crippen LogP contribution < -0.4 is 15.4 Å². The van der Waals surface area contributed by atoms with E-state index in [0.29, 0.717) is 30.1 Å². The number of para-hydroxylation sites is 3. The van der Waals surface area contributed by atoms with Crippen molar-refractivity contribution < 1.29 is 14.3 Å². The van der Waals surface area contributed by atoms with Crippen molar-refractivity contribution in [3.63, 3.8) is 0 Å². The van der Waals surface area contributed by atoms with Crippen molar-refractivity contribution in [1.29, 1.82) is 0 Å². The second kappa shape index (κ2) is 10.9. The molecule has 1 heterocycles. The normalized spacial score (nSPS) is 10.8. The number of anilines is 1. The van der Waals surface area contributed by atoms with E-state index in [-0.39, 0.29) is 17.6 Å². The van der Waals surface area contributed by atoms with Crippen molar-refractivity contribution in [2.45, 2.75) is 18.4 Å².